The van der Waals surface area contributed by atoms with Crippen LogP contribution in [0.3, 0.4) is 0 Å². The number of alkyl halides is 2. The smallest absolute Gasteiger partial charge is 0.269 e. The monoisotopic (exact) mass is 797 g/mol. The van der Waals surface area contributed by atoms with E-state index in [1.54, 1.807) is 43.6 Å². The third-order valence-corrected chi connectivity index (χ3v) is 11.2. The standard InChI is InChI=1S/C45H41F2N7O5/c1-25(2)29-10-7-11-30-35(42(56)48-3)24-54(40(29)30)53-19-17-27-20-32(33(41(46)47)21-38(27)53)28-13-14-36(50-22-28)43(57)49-18-5-4-8-26-9-6-12-31-34(26)23-52(45(31)59)37-15-16-39(55)51-44(37)58/h6-7,9-14,20-22,24-25,37,41H,5,15-19,23H2,1-3H3,(H,48,56)(H,49,57)(H,51,55,58). The van der Waals surface area contributed by atoms with Gasteiger partial charge in [-0.15, -0.1) is 0 Å². The number of nitrogens with zero attached hydrogens (tertiary/aromatic N) is 4. The molecule has 59 heavy (non-hydrogen) atoms. The molecule has 5 amide bonds. The van der Waals surface area contributed by atoms with Crippen molar-refractivity contribution >= 4 is 46.1 Å². The van der Waals surface area contributed by atoms with E-state index >= 15 is 0 Å². The summed E-state index contributed by atoms with van der Waals surface area (Å²) in [6, 6.07) is 16.8. The van der Waals surface area contributed by atoms with Crippen molar-refractivity contribution in [3.63, 3.8) is 0 Å². The first-order valence-electron chi connectivity index (χ1n) is 19.5. The lowest BCUT2D eigenvalue weighted by Gasteiger charge is -2.29. The van der Waals surface area contributed by atoms with Gasteiger partial charge in [-0.25, -0.2) is 8.78 Å². The van der Waals surface area contributed by atoms with Crippen molar-refractivity contribution in [1.29, 1.82) is 0 Å². The minimum atomic E-state index is -2.79. The number of hydrogen-bond donors (Lipinski definition) is 3. The van der Waals surface area contributed by atoms with Crippen molar-refractivity contribution in [2.45, 2.75) is 64.5 Å². The summed E-state index contributed by atoms with van der Waals surface area (Å²) >= 11 is 0. The molecular formula is C45H41F2N7O5. The molecule has 14 heteroatoms. The van der Waals surface area contributed by atoms with Gasteiger partial charge in [0.25, 0.3) is 24.1 Å². The van der Waals surface area contributed by atoms with Crippen LogP contribution in [0.4, 0.5) is 14.5 Å². The second kappa shape index (κ2) is 15.8. The Bertz CT molecular complexity index is 2620. The Hall–Kier alpha value is -6.88. The number of anilines is 1. The summed E-state index contributed by atoms with van der Waals surface area (Å²) in [5.74, 6) is 4.48. The van der Waals surface area contributed by atoms with E-state index in [9.17, 15) is 32.8 Å². The number of amides is 5. The van der Waals surface area contributed by atoms with Gasteiger partial charge in [-0.05, 0) is 71.3 Å². The molecule has 1 unspecified atom stereocenters. The van der Waals surface area contributed by atoms with Crippen LogP contribution in [-0.4, -0.2) is 70.3 Å². The Labute approximate surface area is 338 Å². The van der Waals surface area contributed by atoms with E-state index in [4.69, 9.17) is 0 Å². The molecule has 1 fully saturated rings. The molecule has 0 bridgehead atoms. The Morgan fingerprint density at radius 1 is 0.983 bits per heavy atom. The fourth-order valence-electron chi connectivity index (χ4n) is 8.23. The molecule has 0 radical (unpaired) electrons. The number of aromatic nitrogens is 2. The average molecular weight is 798 g/mol. The van der Waals surface area contributed by atoms with Crippen LogP contribution in [0.25, 0.3) is 22.0 Å². The number of benzene rings is 3. The van der Waals surface area contributed by atoms with Crippen LogP contribution in [0.2, 0.25) is 0 Å². The maximum atomic E-state index is 14.8. The van der Waals surface area contributed by atoms with E-state index in [2.05, 4.69) is 46.6 Å². The van der Waals surface area contributed by atoms with Crippen LogP contribution < -0.4 is 21.0 Å². The van der Waals surface area contributed by atoms with Crippen LogP contribution in [0.1, 0.15) is 104 Å². The summed E-state index contributed by atoms with van der Waals surface area (Å²) in [5, 5.41) is 10.5. The van der Waals surface area contributed by atoms with Crippen molar-refractivity contribution in [2.24, 2.45) is 0 Å². The van der Waals surface area contributed by atoms with Gasteiger partial charge in [-0.3, -0.25) is 44.0 Å². The quantitative estimate of drug-likeness (QED) is 0.0960. The van der Waals surface area contributed by atoms with E-state index in [0.717, 1.165) is 22.0 Å². The molecule has 3 aliphatic rings. The summed E-state index contributed by atoms with van der Waals surface area (Å²) in [6.45, 7) is 5.09. The zero-order valence-corrected chi connectivity index (χ0v) is 32.7. The zero-order chi connectivity index (χ0) is 41.5. The number of para-hydroxylation sites is 1. The molecular weight excluding hydrogens is 757 g/mol. The summed E-state index contributed by atoms with van der Waals surface area (Å²) in [7, 11) is 1.58. The predicted molar refractivity (Wildman–Crippen MR) is 217 cm³/mol. The first-order chi connectivity index (χ1) is 28.4. The van der Waals surface area contributed by atoms with Crippen molar-refractivity contribution in [1.82, 2.24) is 30.5 Å². The second-order valence-electron chi connectivity index (χ2n) is 15.1. The van der Waals surface area contributed by atoms with Gasteiger partial charge >= 0.3 is 0 Å². The first kappa shape index (κ1) is 39.0. The van der Waals surface area contributed by atoms with Crippen molar-refractivity contribution in [3.05, 3.63) is 118 Å². The van der Waals surface area contributed by atoms with E-state index < -0.39 is 24.3 Å². The number of hydrogen-bond acceptors (Lipinski definition) is 7. The molecule has 5 aromatic rings. The molecule has 2 aromatic heterocycles. The number of carbonyl (C=O) groups is 5. The van der Waals surface area contributed by atoms with E-state index in [1.165, 1.54) is 23.2 Å². The Balaban J connectivity index is 0.953. The number of rotatable bonds is 9. The van der Waals surface area contributed by atoms with Crippen LogP contribution in [0, 0.1) is 11.8 Å². The highest BCUT2D eigenvalue weighted by Crippen LogP contribution is 2.41. The van der Waals surface area contributed by atoms with Crippen LogP contribution >= 0.6 is 0 Å². The summed E-state index contributed by atoms with van der Waals surface area (Å²) < 4.78 is 31.5. The fraction of sp³-hybridized carbons (Fsp3) is 0.289. The molecule has 3 aromatic carbocycles. The maximum Gasteiger partial charge on any atom is 0.269 e. The summed E-state index contributed by atoms with van der Waals surface area (Å²) in [4.78, 5) is 68.9. The number of carbonyl (C=O) groups excluding carboxylic acids is 5. The number of fused-ring (bicyclic) bond motifs is 3. The molecule has 3 N–H and O–H groups in total. The Kier molecular flexibility index (Phi) is 10.4. The van der Waals surface area contributed by atoms with Crippen molar-refractivity contribution in [2.75, 3.05) is 25.1 Å². The largest absolute Gasteiger partial charge is 0.355 e. The number of imide groups is 1. The van der Waals surface area contributed by atoms with Crippen molar-refractivity contribution < 1.29 is 32.8 Å². The van der Waals surface area contributed by atoms with Crippen LogP contribution in [0.15, 0.2) is 73.1 Å². The highest BCUT2D eigenvalue weighted by molar-refractivity contribution is 6.08. The lowest BCUT2D eigenvalue weighted by Crippen LogP contribution is -2.52. The molecule has 5 heterocycles. The van der Waals surface area contributed by atoms with Crippen LogP contribution in [-0.2, 0) is 22.6 Å². The lowest BCUT2D eigenvalue weighted by molar-refractivity contribution is -0.136. The van der Waals surface area contributed by atoms with Gasteiger partial charge < -0.3 is 15.5 Å². The van der Waals surface area contributed by atoms with Gasteiger partial charge in [0, 0.05) is 79.6 Å². The number of piperidine rings is 1. The normalized spacial score (nSPS) is 16.0. The average Bonchev–Trinajstić information content (AvgIpc) is 3.93. The minimum Gasteiger partial charge on any atom is -0.355 e. The van der Waals surface area contributed by atoms with Crippen molar-refractivity contribution in [3.8, 4) is 23.0 Å². The molecule has 300 valence electrons. The van der Waals surface area contributed by atoms with Gasteiger partial charge in [0.15, 0.2) is 0 Å². The molecule has 0 spiro atoms. The third-order valence-electron chi connectivity index (χ3n) is 11.2. The van der Waals surface area contributed by atoms with Gasteiger partial charge in [-0.2, -0.15) is 0 Å². The van der Waals surface area contributed by atoms with Gasteiger partial charge in [-0.1, -0.05) is 56.0 Å². The van der Waals surface area contributed by atoms with E-state index in [1.807, 2.05) is 27.9 Å². The van der Waals surface area contributed by atoms with Crippen LogP contribution in [0.5, 0.6) is 0 Å². The second-order valence-corrected chi connectivity index (χ2v) is 15.1. The van der Waals surface area contributed by atoms with Gasteiger partial charge in [0.2, 0.25) is 11.8 Å². The minimum absolute atomic E-state index is 0.118. The number of halogens is 2. The molecule has 0 saturated carbocycles. The van der Waals surface area contributed by atoms with E-state index in [0.29, 0.717) is 58.5 Å². The van der Waals surface area contributed by atoms with Gasteiger partial charge in [0.05, 0.1) is 16.8 Å². The molecule has 3 aliphatic heterocycles. The van der Waals surface area contributed by atoms with Gasteiger partial charge in [0.1, 0.15) is 11.7 Å². The highest BCUT2D eigenvalue weighted by atomic mass is 19.3. The number of nitrogens with one attached hydrogen (secondary N) is 3. The zero-order valence-electron chi connectivity index (χ0n) is 32.7. The molecule has 8 rings (SSSR count). The number of pyridine rings is 1. The summed E-state index contributed by atoms with van der Waals surface area (Å²) in [5.41, 5.74) is 6.46. The van der Waals surface area contributed by atoms with E-state index in [-0.39, 0.29) is 60.8 Å². The topological polar surface area (TPSA) is 146 Å². The SMILES string of the molecule is CNC(=O)c1cn(N2CCc3cc(-c4ccc(C(=O)NCCC#Cc5cccc6c5CN(C5CCC(=O)NC5=O)C6=O)nc4)c(C(F)F)cc32)c2c(C(C)C)cccc12. The molecule has 1 saturated heterocycles. The molecule has 12 nitrogen and oxygen atoms in total. The predicted octanol–water partition coefficient (Wildman–Crippen LogP) is 5.88. The summed E-state index contributed by atoms with van der Waals surface area (Å²) in [6.07, 6.45) is 1.73. The third kappa shape index (κ3) is 7.17. The molecule has 1 atom stereocenters. The Morgan fingerprint density at radius 3 is 2.53 bits per heavy atom. The first-order valence-corrected chi connectivity index (χ1v) is 19.5. The highest BCUT2D eigenvalue weighted by Gasteiger charge is 2.39. The Morgan fingerprint density at radius 2 is 1.80 bits per heavy atom. The maximum absolute atomic E-state index is 14.8. The molecule has 0 aliphatic carbocycles. The lowest BCUT2D eigenvalue weighted by atomic mass is 9.97. The fourth-order valence-corrected chi connectivity index (χ4v) is 8.23.